The molecule has 112 valence electrons. The zero-order valence-electron chi connectivity index (χ0n) is 12.1. The van der Waals surface area contributed by atoms with Crippen LogP contribution in [-0.2, 0) is 4.74 Å². The van der Waals surface area contributed by atoms with Gasteiger partial charge in [0.05, 0.1) is 20.3 Å². The number of rotatable bonds is 8. The van der Waals surface area contributed by atoms with Crippen molar-refractivity contribution < 1.29 is 14.2 Å². The number of piperazine rings is 1. The van der Waals surface area contributed by atoms with E-state index in [0.29, 0.717) is 13.2 Å². The molecule has 1 fully saturated rings. The first-order chi connectivity index (χ1) is 9.88. The van der Waals surface area contributed by atoms with Gasteiger partial charge in [0.25, 0.3) is 0 Å². The lowest BCUT2D eigenvalue weighted by molar-refractivity contribution is 0.0767. The molecule has 5 heteroatoms. The molecule has 1 saturated heterocycles. The van der Waals surface area contributed by atoms with E-state index in [1.165, 1.54) is 0 Å². The summed E-state index contributed by atoms with van der Waals surface area (Å²) in [6.07, 6.45) is 0. The Kier molecular flexibility index (Phi) is 6.63. The van der Waals surface area contributed by atoms with Crippen molar-refractivity contribution in [2.24, 2.45) is 0 Å². The summed E-state index contributed by atoms with van der Waals surface area (Å²) in [5.41, 5.74) is 0. The molecule has 1 aromatic carbocycles. The maximum Gasteiger partial charge on any atom is 0.119 e. The number of hydrogen-bond donors (Lipinski definition) is 1. The summed E-state index contributed by atoms with van der Waals surface area (Å²) >= 11 is 0. The van der Waals surface area contributed by atoms with Crippen LogP contribution in [0.5, 0.6) is 11.5 Å². The second kappa shape index (κ2) is 8.79. The molecule has 0 spiro atoms. The lowest BCUT2D eigenvalue weighted by atomic mass is 10.3. The van der Waals surface area contributed by atoms with Crippen LogP contribution in [0.25, 0.3) is 0 Å². The normalized spacial score (nSPS) is 16.1. The van der Waals surface area contributed by atoms with Crippen molar-refractivity contribution in [3.8, 4) is 11.5 Å². The molecule has 1 aromatic rings. The first kappa shape index (κ1) is 15.1. The highest BCUT2D eigenvalue weighted by Crippen LogP contribution is 2.16. The quantitative estimate of drug-likeness (QED) is 0.720. The first-order valence-corrected chi connectivity index (χ1v) is 7.16. The molecule has 1 aliphatic heterocycles. The molecule has 1 aliphatic rings. The highest BCUT2D eigenvalue weighted by atomic mass is 16.5. The average molecular weight is 280 g/mol. The molecule has 0 atom stereocenters. The first-order valence-electron chi connectivity index (χ1n) is 7.16. The van der Waals surface area contributed by atoms with Gasteiger partial charge in [0.1, 0.15) is 18.1 Å². The predicted molar refractivity (Wildman–Crippen MR) is 78.6 cm³/mol. The van der Waals surface area contributed by atoms with Gasteiger partial charge in [-0.15, -0.1) is 0 Å². The van der Waals surface area contributed by atoms with Gasteiger partial charge in [0.15, 0.2) is 0 Å². The van der Waals surface area contributed by atoms with E-state index < -0.39 is 0 Å². The fourth-order valence-corrected chi connectivity index (χ4v) is 2.12. The highest BCUT2D eigenvalue weighted by Gasteiger charge is 2.08. The largest absolute Gasteiger partial charge is 0.497 e. The maximum atomic E-state index is 5.59. The Labute approximate surface area is 120 Å². The van der Waals surface area contributed by atoms with Crippen molar-refractivity contribution in [2.45, 2.75) is 0 Å². The summed E-state index contributed by atoms with van der Waals surface area (Å²) < 4.78 is 16.3. The van der Waals surface area contributed by atoms with Crippen molar-refractivity contribution >= 4 is 0 Å². The number of methoxy groups -OCH3 is 1. The summed E-state index contributed by atoms with van der Waals surface area (Å²) in [4.78, 5) is 2.42. The van der Waals surface area contributed by atoms with E-state index in [0.717, 1.165) is 50.8 Å². The molecular formula is C15H24N2O3. The third-order valence-electron chi connectivity index (χ3n) is 3.32. The van der Waals surface area contributed by atoms with Crippen LogP contribution in [0.15, 0.2) is 24.3 Å². The fraction of sp³-hybridized carbons (Fsp3) is 0.600. The molecule has 0 saturated carbocycles. The second-order valence-electron chi connectivity index (χ2n) is 4.73. The Bertz CT molecular complexity index is 364. The standard InChI is InChI=1S/C15H24N2O3/c1-18-14-2-4-15(5-3-14)20-13-12-19-11-10-17-8-6-16-7-9-17/h2-5,16H,6-13H2,1H3. The topological polar surface area (TPSA) is 43.0 Å². The molecule has 1 heterocycles. The Morgan fingerprint density at radius 2 is 1.70 bits per heavy atom. The third kappa shape index (κ3) is 5.36. The lowest BCUT2D eigenvalue weighted by Gasteiger charge is -2.26. The number of nitrogens with one attached hydrogen (secondary N) is 1. The van der Waals surface area contributed by atoms with E-state index in [4.69, 9.17) is 14.2 Å². The van der Waals surface area contributed by atoms with Crippen LogP contribution < -0.4 is 14.8 Å². The van der Waals surface area contributed by atoms with Crippen LogP contribution in [0, 0.1) is 0 Å². The summed E-state index contributed by atoms with van der Waals surface area (Å²) in [6, 6.07) is 7.58. The Morgan fingerprint density at radius 3 is 2.40 bits per heavy atom. The second-order valence-corrected chi connectivity index (χ2v) is 4.73. The Balaban J connectivity index is 1.50. The summed E-state index contributed by atoms with van der Waals surface area (Å²) in [5.74, 6) is 1.68. The average Bonchev–Trinajstić information content (AvgIpc) is 2.52. The number of nitrogens with zero attached hydrogens (tertiary/aromatic N) is 1. The van der Waals surface area contributed by atoms with Crippen molar-refractivity contribution in [1.29, 1.82) is 0 Å². The minimum Gasteiger partial charge on any atom is -0.497 e. The minimum atomic E-state index is 0.577. The fourth-order valence-electron chi connectivity index (χ4n) is 2.12. The zero-order valence-corrected chi connectivity index (χ0v) is 12.1. The van der Waals surface area contributed by atoms with Crippen molar-refractivity contribution in [2.75, 3.05) is 59.7 Å². The van der Waals surface area contributed by atoms with Crippen molar-refractivity contribution in [3.63, 3.8) is 0 Å². The third-order valence-corrected chi connectivity index (χ3v) is 3.32. The number of ether oxygens (including phenoxy) is 3. The molecule has 0 aromatic heterocycles. The summed E-state index contributed by atoms with van der Waals surface area (Å²) in [5, 5.41) is 3.34. The Hall–Kier alpha value is -1.30. The van der Waals surface area contributed by atoms with Crippen LogP contribution in [0.4, 0.5) is 0 Å². The van der Waals surface area contributed by atoms with Crippen LogP contribution in [0.3, 0.4) is 0 Å². The lowest BCUT2D eigenvalue weighted by Crippen LogP contribution is -2.44. The van der Waals surface area contributed by atoms with E-state index in [1.807, 2.05) is 24.3 Å². The number of hydrogen-bond acceptors (Lipinski definition) is 5. The molecule has 2 rings (SSSR count). The van der Waals surface area contributed by atoms with E-state index in [9.17, 15) is 0 Å². The van der Waals surface area contributed by atoms with Crippen molar-refractivity contribution in [3.05, 3.63) is 24.3 Å². The molecule has 0 radical (unpaired) electrons. The van der Waals surface area contributed by atoms with Gasteiger partial charge in [-0.25, -0.2) is 0 Å². The van der Waals surface area contributed by atoms with Gasteiger partial charge in [-0.3, -0.25) is 4.90 Å². The molecular weight excluding hydrogens is 256 g/mol. The molecule has 0 aliphatic carbocycles. The predicted octanol–water partition coefficient (Wildman–Crippen LogP) is 0.996. The molecule has 0 amide bonds. The smallest absolute Gasteiger partial charge is 0.119 e. The molecule has 20 heavy (non-hydrogen) atoms. The van der Waals surface area contributed by atoms with Gasteiger partial charge < -0.3 is 19.5 Å². The number of benzene rings is 1. The maximum absolute atomic E-state index is 5.59. The molecule has 0 unspecified atom stereocenters. The van der Waals surface area contributed by atoms with Gasteiger partial charge in [-0.05, 0) is 24.3 Å². The van der Waals surface area contributed by atoms with Crippen LogP contribution in [0.2, 0.25) is 0 Å². The van der Waals surface area contributed by atoms with Crippen LogP contribution in [-0.4, -0.2) is 64.6 Å². The van der Waals surface area contributed by atoms with Gasteiger partial charge in [0.2, 0.25) is 0 Å². The summed E-state index contributed by atoms with van der Waals surface area (Å²) in [6.45, 7) is 7.38. The van der Waals surface area contributed by atoms with E-state index in [1.54, 1.807) is 7.11 Å². The van der Waals surface area contributed by atoms with E-state index in [-0.39, 0.29) is 0 Å². The van der Waals surface area contributed by atoms with Gasteiger partial charge in [0, 0.05) is 32.7 Å². The van der Waals surface area contributed by atoms with Crippen LogP contribution in [0.1, 0.15) is 0 Å². The van der Waals surface area contributed by atoms with Gasteiger partial charge in [-0.2, -0.15) is 0 Å². The van der Waals surface area contributed by atoms with Gasteiger partial charge in [-0.1, -0.05) is 0 Å². The zero-order chi connectivity index (χ0) is 14.0. The van der Waals surface area contributed by atoms with Crippen molar-refractivity contribution in [1.82, 2.24) is 10.2 Å². The highest BCUT2D eigenvalue weighted by molar-refractivity contribution is 5.31. The van der Waals surface area contributed by atoms with E-state index >= 15 is 0 Å². The van der Waals surface area contributed by atoms with Gasteiger partial charge >= 0.3 is 0 Å². The monoisotopic (exact) mass is 280 g/mol. The molecule has 1 N–H and O–H groups in total. The Morgan fingerprint density at radius 1 is 1.00 bits per heavy atom. The SMILES string of the molecule is COc1ccc(OCCOCCN2CCNCC2)cc1. The van der Waals surface area contributed by atoms with Crippen LogP contribution >= 0.6 is 0 Å². The summed E-state index contributed by atoms with van der Waals surface area (Å²) in [7, 11) is 1.65. The minimum absolute atomic E-state index is 0.577. The molecule has 5 nitrogen and oxygen atoms in total. The molecule has 0 bridgehead atoms. The van der Waals surface area contributed by atoms with E-state index in [2.05, 4.69) is 10.2 Å².